The van der Waals surface area contributed by atoms with Gasteiger partial charge in [0.25, 0.3) is 0 Å². The van der Waals surface area contributed by atoms with Gasteiger partial charge in [0.2, 0.25) is 0 Å². The number of aliphatic hydroxyl groups is 1. The van der Waals surface area contributed by atoms with E-state index in [1.165, 1.54) is 6.42 Å². The molecule has 1 fully saturated rings. The third-order valence-corrected chi connectivity index (χ3v) is 4.39. The molecule has 5 nitrogen and oxygen atoms in total. The van der Waals surface area contributed by atoms with Crippen molar-refractivity contribution in [3.8, 4) is 0 Å². The minimum absolute atomic E-state index is 0.0435. The Kier molecular flexibility index (Phi) is 6.73. The highest BCUT2D eigenvalue weighted by Gasteiger charge is 2.22. The van der Waals surface area contributed by atoms with E-state index in [0.29, 0.717) is 13.0 Å². The van der Waals surface area contributed by atoms with Gasteiger partial charge in [0.05, 0.1) is 12.0 Å². The Labute approximate surface area is 112 Å². The summed E-state index contributed by atoms with van der Waals surface area (Å²) in [5.41, 5.74) is -0.350. The normalized spacial score (nSPS) is 21.8. The topological polar surface area (TPSA) is 75.6 Å². The van der Waals surface area contributed by atoms with Crippen LogP contribution in [0.25, 0.3) is 0 Å². The maximum atomic E-state index is 11.3. The lowest BCUT2D eigenvalue weighted by Crippen LogP contribution is -2.47. The first-order valence-corrected chi connectivity index (χ1v) is 7.78. The standard InChI is InChI=1S/C12H26N2O3S/c1-12(2,10-15)13-7-6-11(18(16)17)14-8-4-3-5-9-14/h11,13,15H,3-10H2,1-2H3,(H,16,17)/p-1. The van der Waals surface area contributed by atoms with Crippen LogP contribution in [0.2, 0.25) is 0 Å². The molecule has 108 valence electrons. The van der Waals surface area contributed by atoms with Crippen molar-refractivity contribution in [2.45, 2.75) is 50.4 Å². The zero-order chi connectivity index (χ0) is 13.6. The maximum absolute atomic E-state index is 11.3. The van der Waals surface area contributed by atoms with Gasteiger partial charge in [-0.3, -0.25) is 9.11 Å². The first-order valence-electron chi connectivity index (χ1n) is 6.64. The van der Waals surface area contributed by atoms with Crippen LogP contribution >= 0.6 is 0 Å². The highest BCUT2D eigenvalue weighted by molar-refractivity contribution is 7.79. The third-order valence-electron chi connectivity index (χ3n) is 3.41. The van der Waals surface area contributed by atoms with E-state index in [9.17, 15) is 8.76 Å². The number of hydrogen-bond acceptors (Lipinski definition) is 5. The van der Waals surface area contributed by atoms with Crippen molar-refractivity contribution in [3.63, 3.8) is 0 Å². The molecule has 1 saturated heterocycles. The van der Waals surface area contributed by atoms with E-state index in [-0.39, 0.29) is 12.1 Å². The van der Waals surface area contributed by atoms with Crippen molar-refractivity contribution in [2.24, 2.45) is 0 Å². The van der Waals surface area contributed by atoms with Crippen molar-refractivity contribution in [2.75, 3.05) is 26.2 Å². The molecule has 1 aliphatic heterocycles. The summed E-state index contributed by atoms with van der Waals surface area (Å²) in [6, 6.07) is 0. The van der Waals surface area contributed by atoms with Gasteiger partial charge in [-0.1, -0.05) is 6.42 Å². The van der Waals surface area contributed by atoms with Gasteiger partial charge in [-0.05, 0) is 63.8 Å². The largest absolute Gasteiger partial charge is 0.771 e. The van der Waals surface area contributed by atoms with Crippen molar-refractivity contribution in [3.05, 3.63) is 0 Å². The monoisotopic (exact) mass is 277 g/mol. The van der Waals surface area contributed by atoms with Gasteiger partial charge < -0.3 is 15.0 Å². The smallest absolute Gasteiger partial charge is 0.0738 e. The van der Waals surface area contributed by atoms with E-state index in [0.717, 1.165) is 25.9 Å². The third kappa shape index (κ3) is 5.32. The average Bonchev–Trinajstić information content (AvgIpc) is 2.35. The molecular formula is C12H25N2O3S-. The van der Waals surface area contributed by atoms with Gasteiger partial charge in [-0.25, -0.2) is 0 Å². The van der Waals surface area contributed by atoms with Gasteiger partial charge in [-0.2, -0.15) is 0 Å². The number of rotatable bonds is 7. The number of hydrogen-bond donors (Lipinski definition) is 2. The van der Waals surface area contributed by atoms with Crippen LogP contribution in [0.1, 0.15) is 39.5 Å². The molecule has 0 aromatic rings. The highest BCUT2D eigenvalue weighted by atomic mass is 32.2. The molecule has 0 amide bonds. The Morgan fingerprint density at radius 3 is 2.50 bits per heavy atom. The summed E-state index contributed by atoms with van der Waals surface area (Å²) in [4.78, 5) is 2.06. The quantitative estimate of drug-likeness (QED) is 0.660. The molecule has 0 saturated carbocycles. The zero-order valence-corrected chi connectivity index (χ0v) is 12.2. The second-order valence-corrected chi connectivity index (χ2v) is 6.63. The van der Waals surface area contributed by atoms with Crippen LogP contribution in [-0.2, 0) is 11.1 Å². The fourth-order valence-corrected chi connectivity index (χ4v) is 2.96. The van der Waals surface area contributed by atoms with Crippen molar-refractivity contribution >= 4 is 11.1 Å². The lowest BCUT2D eigenvalue weighted by Gasteiger charge is -2.36. The van der Waals surface area contributed by atoms with Crippen molar-refractivity contribution in [1.82, 2.24) is 10.2 Å². The van der Waals surface area contributed by atoms with Gasteiger partial charge in [0.15, 0.2) is 0 Å². The van der Waals surface area contributed by atoms with E-state index >= 15 is 0 Å². The summed E-state index contributed by atoms with van der Waals surface area (Å²) in [6.07, 6.45) is 3.94. The number of nitrogens with one attached hydrogen (secondary N) is 1. The highest BCUT2D eigenvalue weighted by Crippen LogP contribution is 2.16. The minimum atomic E-state index is -2.06. The van der Waals surface area contributed by atoms with E-state index < -0.39 is 16.5 Å². The number of nitrogens with zero attached hydrogens (tertiary/aromatic N) is 1. The molecule has 6 heteroatoms. The second-order valence-electron chi connectivity index (χ2n) is 5.57. The van der Waals surface area contributed by atoms with Crippen molar-refractivity contribution in [1.29, 1.82) is 0 Å². The van der Waals surface area contributed by atoms with E-state index in [2.05, 4.69) is 10.2 Å². The predicted molar refractivity (Wildman–Crippen MR) is 71.9 cm³/mol. The summed E-state index contributed by atoms with van der Waals surface area (Å²) in [5, 5.41) is 11.9. The summed E-state index contributed by atoms with van der Waals surface area (Å²) in [6.45, 7) is 6.20. The summed E-state index contributed by atoms with van der Waals surface area (Å²) in [5.74, 6) is 0. The molecule has 1 heterocycles. The van der Waals surface area contributed by atoms with Crippen LogP contribution in [0.3, 0.4) is 0 Å². The Bertz CT molecular complexity index is 268. The lowest BCUT2D eigenvalue weighted by atomic mass is 10.1. The molecule has 0 aromatic carbocycles. The molecule has 0 aliphatic carbocycles. The first kappa shape index (κ1) is 16.0. The Hall–Kier alpha value is -0.0100. The number of aliphatic hydroxyl groups excluding tert-OH is 1. The summed E-state index contributed by atoms with van der Waals surface area (Å²) < 4.78 is 22.6. The second kappa shape index (κ2) is 7.55. The molecule has 0 spiro atoms. The van der Waals surface area contributed by atoms with Gasteiger partial charge in [-0.15, -0.1) is 0 Å². The molecule has 2 atom stereocenters. The van der Waals surface area contributed by atoms with Crippen LogP contribution in [-0.4, -0.2) is 55.9 Å². The number of piperidine rings is 1. The van der Waals surface area contributed by atoms with Crippen molar-refractivity contribution < 1.29 is 13.9 Å². The predicted octanol–water partition coefficient (Wildman–Crippen LogP) is 0.428. The van der Waals surface area contributed by atoms with Gasteiger partial charge in [0.1, 0.15) is 0 Å². The van der Waals surface area contributed by atoms with Crippen LogP contribution in [0.4, 0.5) is 0 Å². The molecule has 0 bridgehead atoms. The fraction of sp³-hybridized carbons (Fsp3) is 1.00. The zero-order valence-electron chi connectivity index (χ0n) is 11.4. The molecule has 1 rings (SSSR count). The summed E-state index contributed by atoms with van der Waals surface area (Å²) >= 11 is -2.06. The van der Waals surface area contributed by atoms with E-state index in [1.807, 2.05) is 13.8 Å². The Morgan fingerprint density at radius 1 is 1.39 bits per heavy atom. The van der Waals surface area contributed by atoms with E-state index in [4.69, 9.17) is 5.11 Å². The number of likely N-dealkylation sites (tertiary alicyclic amines) is 1. The van der Waals surface area contributed by atoms with Crippen LogP contribution < -0.4 is 5.32 Å². The maximum Gasteiger partial charge on any atom is 0.0738 e. The molecule has 1 aliphatic rings. The average molecular weight is 277 g/mol. The van der Waals surface area contributed by atoms with Gasteiger partial charge in [0, 0.05) is 5.54 Å². The SMILES string of the molecule is CC(C)(CO)NCCC(N1CCCCC1)S(=O)[O-]. The molecule has 18 heavy (non-hydrogen) atoms. The summed E-state index contributed by atoms with van der Waals surface area (Å²) in [7, 11) is 0. The minimum Gasteiger partial charge on any atom is -0.771 e. The van der Waals surface area contributed by atoms with Gasteiger partial charge >= 0.3 is 0 Å². The van der Waals surface area contributed by atoms with E-state index in [1.54, 1.807) is 0 Å². The molecule has 0 radical (unpaired) electrons. The Balaban J connectivity index is 2.40. The fourth-order valence-electron chi connectivity index (χ4n) is 2.20. The first-order chi connectivity index (χ1) is 8.46. The lowest BCUT2D eigenvalue weighted by molar-refractivity contribution is 0.173. The Morgan fingerprint density at radius 2 is 2.00 bits per heavy atom. The van der Waals surface area contributed by atoms with Crippen LogP contribution in [0, 0.1) is 0 Å². The molecule has 0 aromatic heterocycles. The molecular weight excluding hydrogens is 252 g/mol. The molecule has 2 unspecified atom stereocenters. The molecule has 2 N–H and O–H groups in total. The van der Waals surface area contributed by atoms with Crippen LogP contribution in [0.15, 0.2) is 0 Å². The van der Waals surface area contributed by atoms with Crippen LogP contribution in [0.5, 0.6) is 0 Å².